The third-order valence-corrected chi connectivity index (χ3v) is 8.09. The van der Waals surface area contributed by atoms with Crippen molar-refractivity contribution in [2.24, 2.45) is 0 Å². The van der Waals surface area contributed by atoms with E-state index in [9.17, 15) is 28.8 Å². The van der Waals surface area contributed by atoms with Crippen LogP contribution in [0.2, 0.25) is 0 Å². The minimum Gasteiger partial charge on any atom is -0.453 e. The quantitative estimate of drug-likeness (QED) is 0.168. The molecule has 6 amide bonds. The van der Waals surface area contributed by atoms with E-state index in [0.717, 1.165) is 84.0 Å². The van der Waals surface area contributed by atoms with Crippen LogP contribution in [0.3, 0.4) is 0 Å². The van der Waals surface area contributed by atoms with Gasteiger partial charge >= 0.3 is 12.2 Å². The lowest BCUT2D eigenvalue weighted by molar-refractivity contribution is -0.129. The molecule has 0 spiro atoms. The molecule has 4 N–H and O–H groups in total. The van der Waals surface area contributed by atoms with Crippen molar-refractivity contribution in [2.75, 3.05) is 64.1 Å². The molecule has 3 heterocycles. The number of fused-ring (bicyclic) bond motifs is 1. The zero-order chi connectivity index (χ0) is 41.4. The predicted molar refractivity (Wildman–Crippen MR) is 220 cm³/mol. The van der Waals surface area contributed by atoms with Gasteiger partial charge in [-0.2, -0.15) is 0 Å². The maximum Gasteiger partial charge on any atom is 0.407 e. The first-order valence-corrected chi connectivity index (χ1v) is 19.5. The van der Waals surface area contributed by atoms with E-state index in [-0.39, 0.29) is 24.9 Å². The third kappa shape index (κ3) is 20.7. The zero-order valence-corrected chi connectivity index (χ0v) is 34.5. The monoisotopic (exact) mass is 787 g/mol. The Morgan fingerprint density at radius 2 is 1.09 bits per heavy atom. The fourth-order valence-corrected chi connectivity index (χ4v) is 5.59. The van der Waals surface area contributed by atoms with E-state index >= 15 is 0 Å². The van der Waals surface area contributed by atoms with Crippen LogP contribution in [-0.4, -0.2) is 105 Å². The number of carbonyl (C=O) groups is 6. The molecule has 0 aliphatic carbocycles. The van der Waals surface area contributed by atoms with Gasteiger partial charge in [-0.15, -0.1) is 11.3 Å². The summed E-state index contributed by atoms with van der Waals surface area (Å²) < 4.78 is 9.69. The van der Waals surface area contributed by atoms with E-state index in [1.807, 2.05) is 56.3 Å². The summed E-state index contributed by atoms with van der Waals surface area (Å²) in [4.78, 5) is 72.8. The molecule has 16 heteroatoms. The Kier molecular flexibility index (Phi) is 28.2. The Balaban J connectivity index is 0.000000751. The summed E-state index contributed by atoms with van der Waals surface area (Å²) in [7, 11) is 2.55. The number of likely N-dealkylation sites (tertiary alicyclic amines) is 2. The summed E-state index contributed by atoms with van der Waals surface area (Å²) in [5.74, 6) is -0.0780. The van der Waals surface area contributed by atoms with Crippen molar-refractivity contribution in [2.45, 2.75) is 80.1 Å². The van der Waals surface area contributed by atoms with Gasteiger partial charge < -0.3 is 40.5 Å². The van der Waals surface area contributed by atoms with Gasteiger partial charge in [-0.25, -0.2) is 14.6 Å². The van der Waals surface area contributed by atoms with Crippen LogP contribution in [0.4, 0.5) is 21.0 Å². The van der Waals surface area contributed by atoms with Gasteiger partial charge in [-0.3, -0.25) is 19.2 Å². The van der Waals surface area contributed by atoms with E-state index in [2.05, 4.69) is 63.4 Å². The fourth-order valence-electron chi connectivity index (χ4n) is 4.58. The number of rotatable bonds is 9. The topological polar surface area (TPSA) is 188 Å². The van der Waals surface area contributed by atoms with E-state index < -0.39 is 12.2 Å². The number of anilines is 2. The molecule has 5 rings (SSSR count). The molecule has 0 saturated carbocycles. The van der Waals surface area contributed by atoms with Gasteiger partial charge in [0.15, 0.2) is 0 Å². The molecular formula is C39H61N7O8S. The molecule has 3 aromatic rings. The van der Waals surface area contributed by atoms with Crippen molar-refractivity contribution >= 4 is 69.7 Å². The minimum atomic E-state index is -0.562. The lowest BCUT2D eigenvalue weighted by Crippen LogP contribution is -2.38. The number of benzene rings is 2. The number of thiazole rings is 1. The van der Waals surface area contributed by atoms with Crippen molar-refractivity contribution in [1.29, 1.82) is 0 Å². The average molecular weight is 788 g/mol. The molecule has 1 aromatic heterocycles. The highest BCUT2D eigenvalue weighted by Gasteiger charge is 2.19. The Morgan fingerprint density at radius 1 is 0.691 bits per heavy atom. The minimum absolute atomic E-state index is 0.0344. The molecular weight excluding hydrogens is 727 g/mol. The second-order valence-electron chi connectivity index (χ2n) is 11.6. The van der Waals surface area contributed by atoms with Crippen LogP contribution in [0, 0.1) is 0 Å². The van der Waals surface area contributed by atoms with Crippen LogP contribution in [-0.2, 0) is 28.7 Å². The molecule has 55 heavy (non-hydrogen) atoms. The molecule has 306 valence electrons. The standard InChI is InChI=1S/C15H11N3O2S.2C8H14N2O3.2C3H8.C2H6/c19-8-16-11-3-1-10(2-4-11)15-18-13-6-5-12(17-9-20)7-14(13)21-15;2*1-13-8(12)9-6-7(11)10-4-2-3-5-10;2*1-3-2;1-2/h1-9H,(H,16,19)(H,17,20);2*2-6H2,1H3,(H,9,12);2*3H2,1-2H3;1-2H3. The lowest BCUT2D eigenvalue weighted by atomic mass is 10.2. The Bertz CT molecular complexity index is 1490. The number of amides is 6. The van der Waals surface area contributed by atoms with E-state index in [1.165, 1.54) is 27.1 Å². The first-order chi connectivity index (χ1) is 26.6. The molecule has 0 bridgehead atoms. The van der Waals surface area contributed by atoms with Crippen LogP contribution < -0.4 is 21.3 Å². The highest BCUT2D eigenvalue weighted by atomic mass is 32.1. The van der Waals surface area contributed by atoms with Gasteiger partial charge in [0.05, 0.1) is 24.4 Å². The van der Waals surface area contributed by atoms with Crippen LogP contribution in [0.5, 0.6) is 0 Å². The van der Waals surface area contributed by atoms with Crippen LogP contribution in [0.15, 0.2) is 42.5 Å². The first-order valence-electron chi connectivity index (χ1n) is 18.7. The predicted octanol–water partition coefficient (Wildman–Crippen LogP) is 6.89. The Hall–Kier alpha value is -5.25. The number of hydrogen-bond donors (Lipinski definition) is 4. The second-order valence-corrected chi connectivity index (χ2v) is 12.6. The molecule has 2 aromatic carbocycles. The second kappa shape index (κ2) is 31.1. The van der Waals surface area contributed by atoms with Gasteiger partial charge in [0, 0.05) is 43.1 Å². The summed E-state index contributed by atoms with van der Waals surface area (Å²) in [5, 5.41) is 10.8. The molecule has 2 saturated heterocycles. The van der Waals surface area contributed by atoms with Gasteiger partial charge in [-0.1, -0.05) is 54.4 Å². The summed E-state index contributed by atoms with van der Waals surface area (Å²) >= 11 is 1.55. The average Bonchev–Trinajstić information content (AvgIpc) is 4.02. The normalized spacial score (nSPS) is 12.1. The SMILES string of the molecule is CC.CCC.CCC.COC(=O)NCC(=O)N1CCCC1.COC(=O)NCC(=O)N1CCCC1.O=CNc1ccc(-c2nc3ccc(NC=O)cc3s2)cc1. The number of ether oxygens (including phenoxy) is 2. The Morgan fingerprint density at radius 3 is 1.49 bits per heavy atom. The number of nitrogens with zero attached hydrogens (tertiary/aromatic N) is 3. The van der Waals surface area contributed by atoms with Crippen LogP contribution in [0.1, 0.15) is 80.1 Å². The summed E-state index contributed by atoms with van der Waals surface area (Å²) in [6, 6.07) is 13.1. The number of carbonyl (C=O) groups excluding carboxylic acids is 6. The number of aromatic nitrogens is 1. The number of hydrogen-bond acceptors (Lipinski definition) is 10. The van der Waals surface area contributed by atoms with E-state index in [4.69, 9.17) is 0 Å². The molecule has 2 fully saturated rings. The highest BCUT2D eigenvalue weighted by Crippen LogP contribution is 2.32. The maximum absolute atomic E-state index is 11.3. The van der Waals surface area contributed by atoms with E-state index in [1.54, 1.807) is 21.1 Å². The number of methoxy groups -OCH3 is 2. The zero-order valence-electron chi connectivity index (χ0n) is 33.7. The van der Waals surface area contributed by atoms with Crippen molar-refractivity contribution in [3.8, 4) is 10.6 Å². The van der Waals surface area contributed by atoms with Gasteiger partial charge in [0.25, 0.3) is 0 Å². The van der Waals surface area contributed by atoms with Gasteiger partial charge in [0.1, 0.15) is 18.1 Å². The fraction of sp³-hybridized carbons (Fsp3) is 0.513. The van der Waals surface area contributed by atoms with Gasteiger partial charge in [-0.05, 0) is 68.1 Å². The van der Waals surface area contributed by atoms with Crippen LogP contribution >= 0.6 is 11.3 Å². The molecule has 0 atom stereocenters. The molecule has 15 nitrogen and oxygen atoms in total. The van der Waals surface area contributed by atoms with E-state index in [0.29, 0.717) is 12.8 Å². The largest absolute Gasteiger partial charge is 0.453 e. The van der Waals surface area contributed by atoms with Crippen molar-refractivity contribution < 1.29 is 38.2 Å². The molecule has 0 radical (unpaired) electrons. The maximum atomic E-state index is 11.3. The highest BCUT2D eigenvalue weighted by molar-refractivity contribution is 7.21. The molecule has 2 aliphatic rings. The smallest absolute Gasteiger partial charge is 0.407 e. The number of alkyl carbamates (subject to hydrolysis) is 2. The lowest BCUT2D eigenvalue weighted by Gasteiger charge is -2.14. The summed E-state index contributed by atoms with van der Waals surface area (Å²) in [5.41, 5.74) is 3.37. The molecule has 2 aliphatic heterocycles. The third-order valence-electron chi connectivity index (χ3n) is 7.03. The van der Waals surface area contributed by atoms with Crippen molar-refractivity contribution in [1.82, 2.24) is 25.4 Å². The van der Waals surface area contributed by atoms with Crippen molar-refractivity contribution in [3.05, 3.63) is 42.5 Å². The molecule has 0 unspecified atom stereocenters. The van der Waals surface area contributed by atoms with Crippen LogP contribution in [0.25, 0.3) is 20.8 Å². The summed E-state index contributed by atoms with van der Waals surface area (Å²) in [6.07, 6.45) is 6.91. The van der Waals surface area contributed by atoms with Crippen molar-refractivity contribution in [3.63, 3.8) is 0 Å². The number of nitrogens with one attached hydrogen (secondary N) is 4. The van der Waals surface area contributed by atoms with Gasteiger partial charge in [0.2, 0.25) is 24.6 Å². The summed E-state index contributed by atoms with van der Waals surface area (Å²) in [6.45, 7) is 15.8. The Labute approximate surface area is 329 Å². The first kappa shape index (κ1) is 49.8.